The number of nitrogens with zero attached hydrogens (tertiary/aromatic N) is 1. The van der Waals surface area contributed by atoms with Gasteiger partial charge >= 0.3 is 0 Å². The maximum atomic E-state index is 14.1. The number of benzene rings is 2. The van der Waals surface area contributed by atoms with Crippen LogP contribution in [0.5, 0.6) is 0 Å². The Hall–Kier alpha value is -2.89. The van der Waals surface area contributed by atoms with Crippen LogP contribution in [0.25, 0.3) is 0 Å². The Bertz CT molecular complexity index is 830. The van der Waals surface area contributed by atoms with E-state index in [1.807, 2.05) is 18.2 Å². The van der Waals surface area contributed by atoms with Gasteiger partial charge in [-0.1, -0.05) is 30.3 Å². The molecule has 1 saturated carbocycles. The SMILES string of the molecule is CN=C(NCc1cccc(C(N)=O)c1)NCC1(c2ccccc2F)CC1. The van der Waals surface area contributed by atoms with E-state index in [-0.39, 0.29) is 11.2 Å². The van der Waals surface area contributed by atoms with E-state index in [9.17, 15) is 9.18 Å². The lowest BCUT2D eigenvalue weighted by Crippen LogP contribution is -2.41. The second-order valence-corrected chi connectivity index (χ2v) is 6.60. The third-order valence-electron chi connectivity index (χ3n) is 4.79. The van der Waals surface area contributed by atoms with Crippen molar-refractivity contribution >= 4 is 11.9 Å². The van der Waals surface area contributed by atoms with E-state index in [4.69, 9.17) is 5.73 Å². The van der Waals surface area contributed by atoms with Crippen molar-refractivity contribution in [1.82, 2.24) is 10.6 Å². The maximum absolute atomic E-state index is 14.1. The van der Waals surface area contributed by atoms with Crippen LogP contribution in [0.1, 0.15) is 34.3 Å². The summed E-state index contributed by atoms with van der Waals surface area (Å²) >= 11 is 0. The second kappa shape index (κ2) is 7.56. The zero-order valence-electron chi connectivity index (χ0n) is 14.8. The number of hydrogen-bond acceptors (Lipinski definition) is 2. The van der Waals surface area contributed by atoms with Gasteiger partial charge in [0, 0.05) is 31.1 Å². The van der Waals surface area contributed by atoms with E-state index in [0.717, 1.165) is 24.0 Å². The van der Waals surface area contributed by atoms with Crippen LogP contribution in [-0.4, -0.2) is 25.5 Å². The Balaban J connectivity index is 1.58. The summed E-state index contributed by atoms with van der Waals surface area (Å²) in [6.07, 6.45) is 1.91. The molecule has 4 N–H and O–H groups in total. The van der Waals surface area contributed by atoms with Crippen LogP contribution in [0, 0.1) is 5.82 Å². The molecule has 1 fully saturated rings. The highest BCUT2D eigenvalue weighted by Crippen LogP contribution is 2.48. The summed E-state index contributed by atoms with van der Waals surface area (Å²) in [7, 11) is 1.69. The fourth-order valence-electron chi connectivity index (χ4n) is 3.08. The molecule has 1 aliphatic rings. The first-order chi connectivity index (χ1) is 12.5. The molecule has 0 unspecified atom stereocenters. The summed E-state index contributed by atoms with van der Waals surface area (Å²) in [5.41, 5.74) is 7.32. The van der Waals surface area contributed by atoms with Crippen LogP contribution in [0.2, 0.25) is 0 Å². The van der Waals surface area contributed by atoms with Gasteiger partial charge in [-0.15, -0.1) is 0 Å². The highest BCUT2D eigenvalue weighted by molar-refractivity contribution is 5.92. The Morgan fingerprint density at radius 3 is 2.62 bits per heavy atom. The molecule has 0 spiro atoms. The van der Waals surface area contributed by atoms with Crippen LogP contribution < -0.4 is 16.4 Å². The Labute approximate surface area is 152 Å². The first-order valence-corrected chi connectivity index (χ1v) is 8.62. The lowest BCUT2D eigenvalue weighted by atomic mass is 9.95. The molecule has 2 aromatic carbocycles. The Morgan fingerprint density at radius 2 is 1.96 bits per heavy atom. The van der Waals surface area contributed by atoms with Crippen molar-refractivity contribution in [2.45, 2.75) is 24.8 Å². The Morgan fingerprint density at radius 1 is 1.19 bits per heavy atom. The molecule has 1 amide bonds. The van der Waals surface area contributed by atoms with Gasteiger partial charge in [-0.25, -0.2) is 4.39 Å². The van der Waals surface area contributed by atoms with Gasteiger partial charge in [-0.05, 0) is 42.2 Å². The third kappa shape index (κ3) is 4.02. The van der Waals surface area contributed by atoms with Crippen molar-refractivity contribution in [2.24, 2.45) is 10.7 Å². The van der Waals surface area contributed by atoms with Gasteiger partial charge in [0.15, 0.2) is 5.96 Å². The summed E-state index contributed by atoms with van der Waals surface area (Å²) in [5.74, 6) is 0.0324. The molecule has 0 aromatic heterocycles. The highest BCUT2D eigenvalue weighted by atomic mass is 19.1. The topological polar surface area (TPSA) is 79.5 Å². The standard InChI is InChI=1S/C20H23FN4O/c1-23-19(24-12-14-5-4-6-15(11-14)18(22)26)25-13-20(9-10-20)16-7-2-3-8-17(16)21/h2-8,11H,9-10,12-13H2,1H3,(H2,22,26)(H2,23,24,25). The van der Waals surface area contributed by atoms with Crippen LogP contribution in [-0.2, 0) is 12.0 Å². The average molecular weight is 354 g/mol. The van der Waals surface area contributed by atoms with Gasteiger partial charge in [-0.2, -0.15) is 0 Å². The van der Waals surface area contributed by atoms with Crippen molar-refractivity contribution in [3.05, 3.63) is 71.0 Å². The predicted molar refractivity (Wildman–Crippen MR) is 100 cm³/mol. The summed E-state index contributed by atoms with van der Waals surface area (Å²) < 4.78 is 14.1. The number of guanidine groups is 1. The number of rotatable bonds is 6. The molecule has 26 heavy (non-hydrogen) atoms. The summed E-state index contributed by atoms with van der Waals surface area (Å²) in [5, 5.41) is 6.50. The first-order valence-electron chi connectivity index (χ1n) is 8.62. The molecule has 0 saturated heterocycles. The van der Waals surface area contributed by atoms with Crippen molar-refractivity contribution in [1.29, 1.82) is 0 Å². The fraction of sp³-hybridized carbons (Fsp3) is 0.300. The number of aliphatic imine (C=N–C) groups is 1. The van der Waals surface area contributed by atoms with E-state index in [1.165, 1.54) is 6.07 Å². The zero-order chi connectivity index (χ0) is 18.6. The molecule has 2 aromatic rings. The van der Waals surface area contributed by atoms with Crippen molar-refractivity contribution in [2.75, 3.05) is 13.6 Å². The lowest BCUT2D eigenvalue weighted by molar-refractivity contribution is 0.1000. The summed E-state index contributed by atoms with van der Waals surface area (Å²) in [6, 6.07) is 14.1. The monoisotopic (exact) mass is 354 g/mol. The maximum Gasteiger partial charge on any atom is 0.248 e. The minimum absolute atomic E-state index is 0.155. The quantitative estimate of drug-likeness (QED) is 0.550. The van der Waals surface area contributed by atoms with Crippen molar-refractivity contribution < 1.29 is 9.18 Å². The molecule has 0 heterocycles. The van der Waals surface area contributed by atoms with Crippen LogP contribution in [0.3, 0.4) is 0 Å². The number of amides is 1. The smallest absolute Gasteiger partial charge is 0.248 e. The number of halogens is 1. The van der Waals surface area contributed by atoms with Gasteiger partial charge in [0.05, 0.1) is 0 Å². The van der Waals surface area contributed by atoms with Crippen LogP contribution >= 0.6 is 0 Å². The lowest BCUT2D eigenvalue weighted by Gasteiger charge is -2.19. The molecule has 0 radical (unpaired) electrons. The summed E-state index contributed by atoms with van der Waals surface area (Å²) in [4.78, 5) is 15.5. The second-order valence-electron chi connectivity index (χ2n) is 6.60. The molecule has 136 valence electrons. The Kier molecular flexibility index (Phi) is 5.21. The van der Waals surface area contributed by atoms with Gasteiger partial charge < -0.3 is 16.4 Å². The fourth-order valence-corrected chi connectivity index (χ4v) is 3.08. The van der Waals surface area contributed by atoms with Gasteiger partial charge in [0.2, 0.25) is 5.91 Å². The summed E-state index contributed by atoms with van der Waals surface area (Å²) in [6.45, 7) is 1.13. The minimum atomic E-state index is -0.449. The van der Waals surface area contributed by atoms with E-state index in [1.54, 1.807) is 31.3 Å². The molecule has 0 atom stereocenters. The van der Waals surface area contributed by atoms with Crippen LogP contribution in [0.15, 0.2) is 53.5 Å². The average Bonchev–Trinajstić information content (AvgIpc) is 3.43. The predicted octanol–water partition coefficient (Wildman–Crippen LogP) is 2.32. The number of primary amides is 1. The number of hydrogen-bond donors (Lipinski definition) is 3. The number of carbonyl (C=O) groups is 1. The van der Waals surface area contributed by atoms with Crippen molar-refractivity contribution in [3.63, 3.8) is 0 Å². The van der Waals surface area contributed by atoms with Gasteiger partial charge in [0.1, 0.15) is 5.82 Å². The van der Waals surface area contributed by atoms with E-state index < -0.39 is 5.91 Å². The molecule has 3 rings (SSSR count). The number of carbonyl (C=O) groups excluding carboxylic acids is 1. The third-order valence-corrected chi connectivity index (χ3v) is 4.79. The highest BCUT2D eigenvalue weighted by Gasteiger charge is 2.45. The largest absolute Gasteiger partial charge is 0.366 e. The zero-order valence-corrected chi connectivity index (χ0v) is 14.8. The van der Waals surface area contributed by atoms with Gasteiger partial charge in [0.25, 0.3) is 0 Å². The molecule has 5 nitrogen and oxygen atoms in total. The molecular formula is C20H23FN4O. The number of nitrogens with two attached hydrogens (primary N) is 1. The molecule has 0 bridgehead atoms. The minimum Gasteiger partial charge on any atom is -0.366 e. The molecule has 1 aliphatic carbocycles. The van der Waals surface area contributed by atoms with E-state index in [0.29, 0.717) is 24.6 Å². The van der Waals surface area contributed by atoms with Crippen molar-refractivity contribution in [3.8, 4) is 0 Å². The van der Waals surface area contributed by atoms with E-state index in [2.05, 4.69) is 15.6 Å². The van der Waals surface area contributed by atoms with Gasteiger partial charge in [-0.3, -0.25) is 9.79 Å². The van der Waals surface area contributed by atoms with E-state index >= 15 is 0 Å². The normalized spacial score (nSPS) is 15.4. The molecule has 0 aliphatic heterocycles. The number of nitrogens with one attached hydrogen (secondary N) is 2. The first kappa shape index (κ1) is 17.9. The molecule has 6 heteroatoms. The molecular weight excluding hydrogens is 331 g/mol. The van der Waals surface area contributed by atoms with Crippen LogP contribution in [0.4, 0.5) is 4.39 Å².